The van der Waals surface area contributed by atoms with Gasteiger partial charge in [-0.1, -0.05) is 17.7 Å². The van der Waals surface area contributed by atoms with Gasteiger partial charge in [-0.2, -0.15) is 0 Å². The highest BCUT2D eigenvalue weighted by Gasteiger charge is 2.12. The fourth-order valence-electron chi connectivity index (χ4n) is 1.22. The van der Waals surface area contributed by atoms with Crippen molar-refractivity contribution in [1.29, 1.82) is 0 Å². The van der Waals surface area contributed by atoms with Gasteiger partial charge in [-0.25, -0.2) is 8.42 Å². The molecule has 4 nitrogen and oxygen atoms in total. The summed E-state index contributed by atoms with van der Waals surface area (Å²) >= 11 is 5.74. The average Bonchev–Trinajstić information content (AvgIpc) is 2.20. The van der Waals surface area contributed by atoms with Crippen LogP contribution in [0.1, 0.15) is 5.56 Å². The monoisotopic (exact) mass is 263 g/mol. The molecule has 0 fully saturated rings. The molecular formula is C10H14ClNO3S. The first-order valence-corrected chi connectivity index (χ1v) is 6.88. The minimum Gasteiger partial charge on any atom is -0.398 e. The molecule has 0 bridgehead atoms. The number of ether oxygens (including phenoxy) is 1. The molecule has 0 atom stereocenters. The Morgan fingerprint density at radius 1 is 1.44 bits per heavy atom. The maximum absolute atomic E-state index is 11.6. The van der Waals surface area contributed by atoms with Gasteiger partial charge in [0.2, 0.25) is 0 Å². The second kappa shape index (κ2) is 5.52. The maximum Gasteiger partial charge on any atom is 0.156 e. The van der Waals surface area contributed by atoms with Gasteiger partial charge in [0.05, 0.1) is 28.8 Å². The third kappa shape index (κ3) is 4.00. The lowest BCUT2D eigenvalue weighted by Crippen LogP contribution is -2.13. The van der Waals surface area contributed by atoms with E-state index in [1.54, 1.807) is 18.2 Å². The van der Waals surface area contributed by atoms with Crippen LogP contribution in [0, 0.1) is 0 Å². The minimum atomic E-state index is -3.15. The van der Waals surface area contributed by atoms with Gasteiger partial charge in [-0.15, -0.1) is 0 Å². The molecule has 0 aromatic heterocycles. The molecule has 0 heterocycles. The van der Waals surface area contributed by atoms with Crippen molar-refractivity contribution in [3.63, 3.8) is 0 Å². The fourth-order valence-corrected chi connectivity index (χ4v) is 2.59. The number of rotatable bonds is 5. The maximum atomic E-state index is 11.6. The number of methoxy groups -OCH3 is 1. The Morgan fingerprint density at radius 2 is 2.12 bits per heavy atom. The highest BCUT2D eigenvalue weighted by Crippen LogP contribution is 2.20. The summed E-state index contributed by atoms with van der Waals surface area (Å²) in [6.45, 7) is 0.200. The van der Waals surface area contributed by atoms with Gasteiger partial charge < -0.3 is 10.5 Å². The van der Waals surface area contributed by atoms with E-state index in [4.69, 9.17) is 22.1 Å². The lowest BCUT2D eigenvalue weighted by atomic mass is 10.2. The Balaban J connectivity index is 2.76. The predicted molar refractivity (Wildman–Crippen MR) is 65.2 cm³/mol. The standard InChI is InChI=1S/C10H14ClNO3S/c1-15-4-5-16(13,14)7-8-2-3-9(11)10(12)6-8/h2-3,6H,4-5,7,12H2,1H3. The highest BCUT2D eigenvalue weighted by atomic mass is 35.5. The molecule has 1 rings (SSSR count). The summed E-state index contributed by atoms with van der Waals surface area (Å²) < 4.78 is 27.9. The fraction of sp³-hybridized carbons (Fsp3) is 0.400. The van der Waals surface area contributed by atoms with Crippen LogP contribution in [-0.2, 0) is 20.3 Å². The zero-order chi connectivity index (χ0) is 12.2. The van der Waals surface area contributed by atoms with Crippen LogP contribution in [0.15, 0.2) is 18.2 Å². The van der Waals surface area contributed by atoms with Crippen LogP contribution in [0.2, 0.25) is 5.02 Å². The average molecular weight is 264 g/mol. The Kier molecular flexibility index (Phi) is 4.58. The normalized spacial score (nSPS) is 11.6. The van der Waals surface area contributed by atoms with E-state index >= 15 is 0 Å². The summed E-state index contributed by atoms with van der Waals surface area (Å²) in [5.41, 5.74) is 6.62. The van der Waals surface area contributed by atoms with Crippen LogP contribution in [0.5, 0.6) is 0 Å². The molecule has 0 radical (unpaired) electrons. The number of hydrogen-bond donors (Lipinski definition) is 1. The van der Waals surface area contributed by atoms with Crippen molar-refractivity contribution < 1.29 is 13.2 Å². The van der Waals surface area contributed by atoms with Crippen LogP contribution in [0.4, 0.5) is 5.69 Å². The molecule has 90 valence electrons. The molecule has 0 aliphatic rings. The first-order chi connectivity index (χ1) is 7.44. The van der Waals surface area contributed by atoms with Gasteiger partial charge in [0.1, 0.15) is 0 Å². The summed E-state index contributed by atoms with van der Waals surface area (Å²) in [5.74, 6) is -0.0379. The molecule has 1 aromatic rings. The van der Waals surface area contributed by atoms with E-state index in [0.29, 0.717) is 16.3 Å². The summed E-state index contributed by atoms with van der Waals surface area (Å²) in [7, 11) is -1.68. The highest BCUT2D eigenvalue weighted by molar-refractivity contribution is 7.90. The molecule has 2 N–H and O–H groups in total. The van der Waals surface area contributed by atoms with E-state index in [9.17, 15) is 8.42 Å². The summed E-state index contributed by atoms with van der Waals surface area (Å²) in [4.78, 5) is 0. The molecule has 0 aliphatic heterocycles. The molecule has 16 heavy (non-hydrogen) atoms. The van der Waals surface area contributed by atoms with Crippen molar-refractivity contribution >= 4 is 27.1 Å². The summed E-state index contributed by atoms with van der Waals surface area (Å²) in [6.07, 6.45) is 0. The first-order valence-electron chi connectivity index (χ1n) is 4.68. The third-order valence-electron chi connectivity index (χ3n) is 2.05. The van der Waals surface area contributed by atoms with Crippen molar-refractivity contribution in [2.24, 2.45) is 0 Å². The zero-order valence-corrected chi connectivity index (χ0v) is 10.5. The van der Waals surface area contributed by atoms with Crippen LogP contribution in [0.25, 0.3) is 0 Å². The molecule has 6 heteroatoms. The van der Waals surface area contributed by atoms with E-state index in [-0.39, 0.29) is 18.1 Å². The molecule has 0 saturated carbocycles. The molecule has 1 aromatic carbocycles. The number of benzene rings is 1. The quantitative estimate of drug-likeness (QED) is 0.817. The number of nitrogen functional groups attached to an aromatic ring is 1. The van der Waals surface area contributed by atoms with Crippen LogP contribution in [-0.4, -0.2) is 27.9 Å². The molecule has 0 spiro atoms. The van der Waals surface area contributed by atoms with Crippen LogP contribution in [0.3, 0.4) is 0 Å². The van der Waals surface area contributed by atoms with Gasteiger partial charge in [-0.05, 0) is 17.7 Å². The van der Waals surface area contributed by atoms with Gasteiger partial charge in [0, 0.05) is 7.11 Å². The van der Waals surface area contributed by atoms with Crippen LogP contribution >= 0.6 is 11.6 Å². The van der Waals surface area contributed by atoms with Crippen molar-refractivity contribution in [3.8, 4) is 0 Å². The van der Waals surface area contributed by atoms with Gasteiger partial charge in [-0.3, -0.25) is 0 Å². The van der Waals surface area contributed by atoms with Gasteiger partial charge in [0.25, 0.3) is 0 Å². The number of hydrogen-bond acceptors (Lipinski definition) is 4. The number of anilines is 1. The van der Waals surface area contributed by atoms with Crippen LogP contribution < -0.4 is 5.73 Å². The largest absolute Gasteiger partial charge is 0.398 e. The SMILES string of the molecule is COCCS(=O)(=O)Cc1ccc(Cl)c(N)c1. The van der Waals surface area contributed by atoms with Crippen molar-refractivity contribution in [2.45, 2.75) is 5.75 Å². The van der Waals surface area contributed by atoms with Gasteiger partial charge >= 0.3 is 0 Å². The van der Waals surface area contributed by atoms with Crippen molar-refractivity contribution in [2.75, 3.05) is 25.2 Å². The number of halogens is 1. The predicted octanol–water partition coefficient (Wildman–Crippen LogP) is 1.48. The van der Waals surface area contributed by atoms with Crippen molar-refractivity contribution in [3.05, 3.63) is 28.8 Å². The van der Waals surface area contributed by atoms with E-state index in [1.807, 2.05) is 0 Å². The first kappa shape index (κ1) is 13.3. The second-order valence-electron chi connectivity index (χ2n) is 3.44. The zero-order valence-electron chi connectivity index (χ0n) is 8.94. The molecular weight excluding hydrogens is 250 g/mol. The van der Waals surface area contributed by atoms with E-state index in [0.717, 1.165) is 0 Å². The van der Waals surface area contributed by atoms with E-state index < -0.39 is 9.84 Å². The van der Waals surface area contributed by atoms with Crippen molar-refractivity contribution in [1.82, 2.24) is 0 Å². The lowest BCUT2D eigenvalue weighted by Gasteiger charge is -2.05. The Bertz CT molecular complexity index is 459. The number of sulfone groups is 1. The Morgan fingerprint density at radius 3 is 2.69 bits per heavy atom. The third-order valence-corrected chi connectivity index (χ3v) is 3.95. The van der Waals surface area contributed by atoms with E-state index in [2.05, 4.69) is 0 Å². The number of nitrogens with two attached hydrogens (primary N) is 1. The topological polar surface area (TPSA) is 69.4 Å². The summed E-state index contributed by atoms with van der Waals surface area (Å²) in [6, 6.07) is 4.83. The van der Waals surface area contributed by atoms with E-state index in [1.165, 1.54) is 7.11 Å². The molecule has 0 saturated heterocycles. The Hall–Kier alpha value is -0.780. The van der Waals surface area contributed by atoms with Gasteiger partial charge in [0.15, 0.2) is 9.84 Å². The lowest BCUT2D eigenvalue weighted by molar-refractivity contribution is 0.217. The molecule has 0 amide bonds. The molecule has 0 unspecified atom stereocenters. The Labute approximate surface area is 100 Å². The summed E-state index contributed by atoms with van der Waals surface area (Å²) in [5, 5.41) is 0.429. The smallest absolute Gasteiger partial charge is 0.156 e. The second-order valence-corrected chi connectivity index (χ2v) is 6.03. The minimum absolute atomic E-state index is 0.00598. The molecule has 0 aliphatic carbocycles.